The van der Waals surface area contributed by atoms with E-state index in [0.717, 1.165) is 25.6 Å². The first kappa shape index (κ1) is 13.6. The number of ether oxygens (including phenoxy) is 1. The van der Waals surface area contributed by atoms with E-state index in [9.17, 15) is 0 Å². The van der Waals surface area contributed by atoms with Gasteiger partial charge in [0.25, 0.3) is 0 Å². The normalized spacial score (nSPS) is 17.4. The van der Waals surface area contributed by atoms with Gasteiger partial charge in [0.15, 0.2) is 0 Å². The quantitative estimate of drug-likeness (QED) is 0.709. The summed E-state index contributed by atoms with van der Waals surface area (Å²) < 4.78 is 6.12. The summed E-state index contributed by atoms with van der Waals surface area (Å²) in [5.41, 5.74) is 1.35. The molecule has 1 saturated carbocycles. The lowest BCUT2D eigenvalue weighted by Crippen LogP contribution is -2.26. The van der Waals surface area contributed by atoms with Crippen LogP contribution in [0, 0.1) is 5.92 Å². The van der Waals surface area contributed by atoms with E-state index in [2.05, 4.69) is 42.6 Å². The molecule has 2 rings (SSSR count). The molecule has 100 valence electrons. The minimum absolute atomic E-state index is 0.309. The number of rotatable bonds is 8. The van der Waals surface area contributed by atoms with Crippen molar-refractivity contribution in [1.82, 2.24) is 5.32 Å². The summed E-state index contributed by atoms with van der Waals surface area (Å²) >= 11 is 0. The number of benzene rings is 1. The number of hydrogen-bond donors (Lipinski definition) is 1. The highest BCUT2D eigenvalue weighted by Crippen LogP contribution is 2.39. The molecule has 0 bridgehead atoms. The molecular formula is C16H25NO. The predicted molar refractivity (Wildman–Crippen MR) is 75.6 cm³/mol. The van der Waals surface area contributed by atoms with Crippen LogP contribution >= 0.6 is 0 Å². The Balaban J connectivity index is 1.82. The van der Waals surface area contributed by atoms with E-state index in [4.69, 9.17) is 4.74 Å². The lowest BCUT2D eigenvalue weighted by Gasteiger charge is -2.34. The molecule has 1 aliphatic carbocycles. The maximum Gasteiger partial charge on any atom is 0.0853 e. The topological polar surface area (TPSA) is 21.3 Å². The molecule has 1 aromatic rings. The molecule has 1 fully saturated rings. The minimum atomic E-state index is 0.309. The average Bonchev–Trinajstić information content (AvgIpc) is 2.36. The van der Waals surface area contributed by atoms with E-state index in [0.29, 0.717) is 6.10 Å². The van der Waals surface area contributed by atoms with Crippen LogP contribution in [-0.2, 0) is 4.74 Å². The van der Waals surface area contributed by atoms with Gasteiger partial charge in [-0.3, -0.25) is 0 Å². The monoisotopic (exact) mass is 247 g/mol. The fourth-order valence-corrected chi connectivity index (χ4v) is 2.45. The summed E-state index contributed by atoms with van der Waals surface area (Å²) in [4.78, 5) is 0. The van der Waals surface area contributed by atoms with Crippen LogP contribution in [0.2, 0.25) is 0 Å². The Morgan fingerprint density at radius 1 is 1.22 bits per heavy atom. The molecule has 18 heavy (non-hydrogen) atoms. The molecule has 2 nitrogen and oxygen atoms in total. The van der Waals surface area contributed by atoms with Gasteiger partial charge >= 0.3 is 0 Å². The molecule has 1 aliphatic rings. The molecule has 1 aromatic carbocycles. The third-order valence-electron chi connectivity index (χ3n) is 3.71. The van der Waals surface area contributed by atoms with Gasteiger partial charge in [-0.15, -0.1) is 0 Å². The predicted octanol–water partition coefficient (Wildman–Crippen LogP) is 3.54. The molecule has 0 aliphatic heterocycles. The summed E-state index contributed by atoms with van der Waals surface area (Å²) in [6.45, 7) is 5.05. The second-order valence-electron chi connectivity index (χ2n) is 5.14. The smallest absolute Gasteiger partial charge is 0.0853 e. The van der Waals surface area contributed by atoms with Crippen LogP contribution in [0.3, 0.4) is 0 Å². The molecule has 0 aromatic heterocycles. The maximum absolute atomic E-state index is 6.12. The Bertz CT molecular complexity index is 321. The average molecular weight is 247 g/mol. The van der Waals surface area contributed by atoms with E-state index < -0.39 is 0 Å². The Morgan fingerprint density at radius 3 is 2.61 bits per heavy atom. The third kappa shape index (κ3) is 3.82. The van der Waals surface area contributed by atoms with Gasteiger partial charge in [-0.1, -0.05) is 43.7 Å². The maximum atomic E-state index is 6.12. The first-order valence-corrected chi connectivity index (χ1v) is 7.29. The van der Waals surface area contributed by atoms with E-state index in [1.807, 2.05) is 0 Å². The van der Waals surface area contributed by atoms with Gasteiger partial charge in [0, 0.05) is 6.54 Å². The summed E-state index contributed by atoms with van der Waals surface area (Å²) in [5.74, 6) is 0.735. The highest BCUT2D eigenvalue weighted by molar-refractivity contribution is 5.18. The van der Waals surface area contributed by atoms with Crippen molar-refractivity contribution in [3.05, 3.63) is 35.9 Å². The lowest BCUT2D eigenvalue weighted by molar-refractivity contribution is -0.0140. The summed E-state index contributed by atoms with van der Waals surface area (Å²) in [5, 5.41) is 3.39. The molecule has 0 spiro atoms. The van der Waals surface area contributed by atoms with Crippen LogP contribution in [-0.4, -0.2) is 19.7 Å². The first-order chi connectivity index (χ1) is 8.92. The lowest BCUT2D eigenvalue weighted by atomic mass is 9.78. The largest absolute Gasteiger partial charge is 0.372 e. The number of nitrogens with one attached hydrogen (secondary N) is 1. The molecule has 1 atom stereocenters. The zero-order valence-electron chi connectivity index (χ0n) is 11.4. The van der Waals surface area contributed by atoms with Gasteiger partial charge in [0.1, 0.15) is 0 Å². The highest BCUT2D eigenvalue weighted by atomic mass is 16.5. The molecule has 1 N–H and O–H groups in total. The first-order valence-electron chi connectivity index (χ1n) is 7.29. The van der Waals surface area contributed by atoms with Crippen molar-refractivity contribution in [1.29, 1.82) is 0 Å². The molecule has 0 radical (unpaired) electrons. The Labute approximate surface area is 111 Å². The van der Waals surface area contributed by atoms with Crippen molar-refractivity contribution in [2.75, 3.05) is 19.7 Å². The van der Waals surface area contributed by atoms with Crippen molar-refractivity contribution < 1.29 is 4.74 Å². The van der Waals surface area contributed by atoms with Crippen LogP contribution in [0.15, 0.2) is 30.3 Å². The van der Waals surface area contributed by atoms with Crippen molar-refractivity contribution in [3.8, 4) is 0 Å². The third-order valence-corrected chi connectivity index (χ3v) is 3.71. The minimum Gasteiger partial charge on any atom is -0.372 e. The molecular weight excluding hydrogens is 222 g/mol. The fourth-order valence-electron chi connectivity index (χ4n) is 2.45. The Kier molecular flexibility index (Phi) is 5.69. The van der Waals surface area contributed by atoms with E-state index in [1.54, 1.807) is 0 Å². The van der Waals surface area contributed by atoms with Crippen LogP contribution in [0.4, 0.5) is 0 Å². The van der Waals surface area contributed by atoms with Crippen molar-refractivity contribution in [2.45, 2.75) is 38.7 Å². The summed E-state index contributed by atoms with van der Waals surface area (Å²) in [6.07, 6.45) is 5.50. The molecule has 2 heteroatoms. The van der Waals surface area contributed by atoms with E-state index in [1.165, 1.54) is 31.2 Å². The molecule has 1 unspecified atom stereocenters. The van der Waals surface area contributed by atoms with Crippen LogP contribution in [0.1, 0.15) is 44.3 Å². The summed E-state index contributed by atoms with van der Waals surface area (Å²) in [6, 6.07) is 10.7. The molecule has 0 saturated heterocycles. The fraction of sp³-hybridized carbons (Fsp3) is 0.625. The summed E-state index contributed by atoms with van der Waals surface area (Å²) in [7, 11) is 0. The van der Waals surface area contributed by atoms with E-state index >= 15 is 0 Å². The zero-order valence-corrected chi connectivity index (χ0v) is 11.4. The van der Waals surface area contributed by atoms with Gasteiger partial charge in [-0.25, -0.2) is 0 Å². The standard InChI is InChI=1S/C16H25NO/c1-2-11-17-12-13-18-16(15-9-6-10-15)14-7-4-3-5-8-14/h3-5,7-8,15-17H,2,6,9-13H2,1H3. The second kappa shape index (κ2) is 7.55. The Hall–Kier alpha value is -0.860. The highest BCUT2D eigenvalue weighted by Gasteiger charge is 2.28. The van der Waals surface area contributed by atoms with Gasteiger partial charge in [0.2, 0.25) is 0 Å². The van der Waals surface area contributed by atoms with Gasteiger partial charge in [-0.2, -0.15) is 0 Å². The molecule has 0 amide bonds. The second-order valence-corrected chi connectivity index (χ2v) is 5.14. The van der Waals surface area contributed by atoms with Crippen molar-refractivity contribution in [3.63, 3.8) is 0 Å². The van der Waals surface area contributed by atoms with Gasteiger partial charge in [-0.05, 0) is 37.3 Å². The van der Waals surface area contributed by atoms with Crippen molar-refractivity contribution in [2.24, 2.45) is 5.92 Å². The Morgan fingerprint density at radius 2 is 2.00 bits per heavy atom. The van der Waals surface area contributed by atoms with Crippen LogP contribution < -0.4 is 5.32 Å². The zero-order chi connectivity index (χ0) is 12.6. The number of hydrogen-bond acceptors (Lipinski definition) is 2. The van der Waals surface area contributed by atoms with Gasteiger partial charge < -0.3 is 10.1 Å². The molecule has 0 heterocycles. The van der Waals surface area contributed by atoms with E-state index in [-0.39, 0.29) is 0 Å². The SMILES string of the molecule is CCCNCCOC(c1ccccc1)C1CCC1. The van der Waals surface area contributed by atoms with Crippen LogP contribution in [0.5, 0.6) is 0 Å². The van der Waals surface area contributed by atoms with Gasteiger partial charge in [0.05, 0.1) is 12.7 Å². The van der Waals surface area contributed by atoms with Crippen LogP contribution in [0.25, 0.3) is 0 Å². The van der Waals surface area contributed by atoms with Crippen molar-refractivity contribution >= 4 is 0 Å².